The van der Waals surface area contributed by atoms with Gasteiger partial charge in [0.15, 0.2) is 0 Å². The minimum Gasteiger partial charge on any atom is -0.336 e. The summed E-state index contributed by atoms with van der Waals surface area (Å²) in [6, 6.07) is 2.91. The van der Waals surface area contributed by atoms with E-state index < -0.39 is 0 Å². The van der Waals surface area contributed by atoms with E-state index in [0.717, 1.165) is 25.2 Å². The minimum atomic E-state index is 0.198. The summed E-state index contributed by atoms with van der Waals surface area (Å²) in [5.41, 5.74) is 0.809. The average molecular weight is 345 g/mol. The highest BCUT2D eigenvalue weighted by Gasteiger charge is 2.31. The number of hydrogen-bond acceptors (Lipinski definition) is 3. The van der Waals surface area contributed by atoms with Crippen molar-refractivity contribution in [3.63, 3.8) is 0 Å². The SMILES string of the molecule is O=C(c1ccnn1C1CCCC1)N1CCC[C@@H](N2CCCCCC2)C1. The fourth-order valence-electron chi connectivity index (χ4n) is 4.98. The van der Waals surface area contributed by atoms with Gasteiger partial charge < -0.3 is 4.90 Å². The van der Waals surface area contributed by atoms with E-state index in [1.54, 1.807) is 0 Å². The number of aromatic nitrogens is 2. The van der Waals surface area contributed by atoms with Crippen LogP contribution in [0.2, 0.25) is 0 Å². The number of hydrogen-bond donors (Lipinski definition) is 0. The third kappa shape index (κ3) is 3.76. The van der Waals surface area contributed by atoms with Crippen molar-refractivity contribution >= 4 is 5.91 Å². The summed E-state index contributed by atoms with van der Waals surface area (Å²) < 4.78 is 2.02. The fourth-order valence-corrected chi connectivity index (χ4v) is 4.98. The van der Waals surface area contributed by atoms with E-state index in [1.807, 2.05) is 16.9 Å². The van der Waals surface area contributed by atoms with E-state index in [9.17, 15) is 4.79 Å². The zero-order valence-electron chi connectivity index (χ0n) is 15.4. The van der Waals surface area contributed by atoms with Crippen molar-refractivity contribution in [2.45, 2.75) is 76.3 Å². The quantitative estimate of drug-likeness (QED) is 0.843. The van der Waals surface area contributed by atoms with E-state index in [2.05, 4.69) is 14.9 Å². The highest BCUT2D eigenvalue weighted by molar-refractivity contribution is 5.92. The summed E-state index contributed by atoms with van der Waals surface area (Å²) in [6.07, 6.45) is 14.4. The molecule has 5 heteroatoms. The molecule has 3 heterocycles. The second kappa shape index (κ2) is 7.90. The number of nitrogens with zero attached hydrogens (tertiary/aromatic N) is 4. The molecular formula is C20H32N4O. The molecule has 2 aliphatic heterocycles. The third-order valence-electron chi connectivity index (χ3n) is 6.40. The standard InChI is InChI=1S/C20H32N4O/c25-20(19-11-12-21-24(19)17-8-3-4-9-17)23-15-7-10-18(16-23)22-13-5-1-2-6-14-22/h11-12,17-18H,1-10,13-16H2/t18-/m1/s1. The Morgan fingerprint density at radius 3 is 2.36 bits per heavy atom. The van der Waals surface area contributed by atoms with Crippen molar-refractivity contribution in [1.82, 2.24) is 19.6 Å². The predicted octanol–water partition coefficient (Wildman–Crippen LogP) is 3.48. The van der Waals surface area contributed by atoms with Crippen LogP contribution in [-0.4, -0.2) is 57.7 Å². The molecule has 0 bridgehead atoms. The molecule has 0 aromatic carbocycles. The topological polar surface area (TPSA) is 41.4 Å². The first-order chi connectivity index (χ1) is 12.3. The van der Waals surface area contributed by atoms with Crippen molar-refractivity contribution in [2.75, 3.05) is 26.2 Å². The van der Waals surface area contributed by atoms with E-state index in [-0.39, 0.29) is 5.91 Å². The van der Waals surface area contributed by atoms with Crippen LogP contribution in [0.4, 0.5) is 0 Å². The molecule has 3 fully saturated rings. The summed E-state index contributed by atoms with van der Waals surface area (Å²) in [7, 11) is 0. The van der Waals surface area contributed by atoms with Crippen molar-refractivity contribution in [2.24, 2.45) is 0 Å². The zero-order chi connectivity index (χ0) is 17.1. The van der Waals surface area contributed by atoms with Crippen LogP contribution in [0.5, 0.6) is 0 Å². The Morgan fingerprint density at radius 2 is 1.60 bits per heavy atom. The van der Waals surface area contributed by atoms with Gasteiger partial charge in [-0.2, -0.15) is 5.10 Å². The van der Waals surface area contributed by atoms with E-state index >= 15 is 0 Å². The normalized spacial score (nSPS) is 26.7. The van der Waals surface area contributed by atoms with Gasteiger partial charge in [-0.15, -0.1) is 0 Å². The number of rotatable bonds is 3. The van der Waals surface area contributed by atoms with Gasteiger partial charge in [-0.3, -0.25) is 14.4 Å². The smallest absolute Gasteiger partial charge is 0.272 e. The average Bonchev–Trinajstić information content (AvgIpc) is 3.27. The lowest BCUT2D eigenvalue weighted by Crippen LogP contribution is -2.50. The van der Waals surface area contributed by atoms with E-state index in [0.29, 0.717) is 12.1 Å². The van der Waals surface area contributed by atoms with Crippen LogP contribution in [0.25, 0.3) is 0 Å². The Labute approximate surface area is 151 Å². The summed E-state index contributed by atoms with van der Waals surface area (Å²) in [5.74, 6) is 0.198. The van der Waals surface area contributed by atoms with Crippen LogP contribution in [0.1, 0.15) is 80.7 Å². The summed E-state index contributed by atoms with van der Waals surface area (Å²) in [4.78, 5) is 17.9. The summed E-state index contributed by atoms with van der Waals surface area (Å²) in [6.45, 7) is 4.23. The monoisotopic (exact) mass is 344 g/mol. The van der Waals surface area contributed by atoms with Crippen LogP contribution in [0.15, 0.2) is 12.3 Å². The number of carbonyl (C=O) groups excluding carboxylic acids is 1. The lowest BCUT2D eigenvalue weighted by atomic mass is 10.0. The van der Waals surface area contributed by atoms with Gasteiger partial charge in [-0.1, -0.05) is 25.7 Å². The van der Waals surface area contributed by atoms with Crippen LogP contribution in [-0.2, 0) is 0 Å². The van der Waals surface area contributed by atoms with Crippen molar-refractivity contribution in [3.8, 4) is 0 Å². The molecule has 1 atom stereocenters. The van der Waals surface area contributed by atoms with Gasteiger partial charge >= 0.3 is 0 Å². The molecule has 0 N–H and O–H groups in total. The first-order valence-corrected chi connectivity index (χ1v) is 10.4. The second-order valence-corrected chi connectivity index (χ2v) is 8.10. The molecule has 1 aliphatic carbocycles. The number of carbonyl (C=O) groups is 1. The Kier molecular flexibility index (Phi) is 5.39. The van der Waals surface area contributed by atoms with Crippen LogP contribution < -0.4 is 0 Å². The molecule has 0 unspecified atom stereocenters. The Hall–Kier alpha value is -1.36. The summed E-state index contributed by atoms with van der Waals surface area (Å²) in [5, 5.41) is 4.49. The van der Waals surface area contributed by atoms with Gasteiger partial charge in [0.25, 0.3) is 5.91 Å². The van der Waals surface area contributed by atoms with Gasteiger partial charge in [-0.25, -0.2) is 0 Å². The molecule has 1 amide bonds. The van der Waals surface area contributed by atoms with E-state index in [4.69, 9.17) is 0 Å². The summed E-state index contributed by atoms with van der Waals surface area (Å²) >= 11 is 0. The first-order valence-electron chi connectivity index (χ1n) is 10.4. The van der Waals surface area contributed by atoms with Crippen LogP contribution in [0, 0.1) is 0 Å². The maximum atomic E-state index is 13.2. The molecule has 3 aliphatic rings. The first kappa shape index (κ1) is 17.1. The molecule has 2 saturated heterocycles. The van der Waals surface area contributed by atoms with E-state index in [1.165, 1.54) is 70.9 Å². The molecular weight excluding hydrogens is 312 g/mol. The fraction of sp³-hybridized carbons (Fsp3) is 0.800. The second-order valence-electron chi connectivity index (χ2n) is 8.10. The molecule has 0 radical (unpaired) electrons. The van der Waals surface area contributed by atoms with Gasteiger partial charge in [0.1, 0.15) is 5.69 Å². The molecule has 1 aromatic rings. The highest BCUT2D eigenvalue weighted by atomic mass is 16.2. The molecule has 1 saturated carbocycles. The maximum Gasteiger partial charge on any atom is 0.272 e. The number of amides is 1. The highest BCUT2D eigenvalue weighted by Crippen LogP contribution is 2.30. The van der Waals surface area contributed by atoms with Gasteiger partial charge in [0.05, 0.1) is 6.04 Å². The van der Waals surface area contributed by atoms with Crippen molar-refractivity contribution in [3.05, 3.63) is 18.0 Å². The maximum absolute atomic E-state index is 13.2. The minimum absolute atomic E-state index is 0.198. The Bertz CT molecular complexity index is 570. The predicted molar refractivity (Wildman–Crippen MR) is 98.7 cm³/mol. The van der Waals surface area contributed by atoms with Crippen LogP contribution in [0.3, 0.4) is 0 Å². The zero-order valence-corrected chi connectivity index (χ0v) is 15.4. The van der Waals surface area contributed by atoms with Gasteiger partial charge in [-0.05, 0) is 57.7 Å². The van der Waals surface area contributed by atoms with Crippen molar-refractivity contribution in [1.29, 1.82) is 0 Å². The molecule has 4 rings (SSSR count). The molecule has 0 spiro atoms. The largest absolute Gasteiger partial charge is 0.336 e. The Balaban J connectivity index is 1.44. The number of piperidine rings is 1. The third-order valence-corrected chi connectivity index (χ3v) is 6.40. The number of likely N-dealkylation sites (tertiary alicyclic amines) is 2. The van der Waals surface area contributed by atoms with Crippen molar-refractivity contribution < 1.29 is 4.79 Å². The molecule has 138 valence electrons. The van der Waals surface area contributed by atoms with Gasteiger partial charge in [0.2, 0.25) is 0 Å². The van der Waals surface area contributed by atoms with Gasteiger partial charge in [0, 0.05) is 25.3 Å². The molecule has 1 aromatic heterocycles. The molecule has 25 heavy (non-hydrogen) atoms. The molecule has 5 nitrogen and oxygen atoms in total. The van der Waals surface area contributed by atoms with Crippen LogP contribution >= 0.6 is 0 Å². The lowest BCUT2D eigenvalue weighted by Gasteiger charge is -2.39. The Morgan fingerprint density at radius 1 is 0.880 bits per heavy atom. The lowest BCUT2D eigenvalue weighted by molar-refractivity contribution is 0.0565.